The van der Waals surface area contributed by atoms with E-state index >= 15 is 0 Å². The molecule has 1 unspecified atom stereocenters. The molecule has 0 aliphatic carbocycles. The molecule has 0 aliphatic heterocycles. The maximum atomic E-state index is 3.68. The first-order chi connectivity index (χ1) is 8.81. The molecule has 0 aliphatic rings. The number of thioether (sulfide) groups is 1. The van der Waals surface area contributed by atoms with Crippen LogP contribution >= 0.6 is 11.8 Å². The van der Waals surface area contributed by atoms with Crippen LogP contribution in [0.1, 0.15) is 50.3 Å². The van der Waals surface area contributed by atoms with Crippen LogP contribution in [-0.4, -0.2) is 18.6 Å². The molecule has 0 saturated carbocycles. The number of hydrogen-bond donors (Lipinski definition) is 1. The van der Waals surface area contributed by atoms with E-state index < -0.39 is 0 Å². The Morgan fingerprint density at radius 1 is 1.22 bits per heavy atom. The fraction of sp³-hybridized carbons (Fsp3) is 0.625. The molecule has 18 heavy (non-hydrogen) atoms. The largest absolute Gasteiger partial charge is 0.310 e. The van der Waals surface area contributed by atoms with Gasteiger partial charge >= 0.3 is 0 Å². The van der Waals surface area contributed by atoms with Crippen molar-refractivity contribution >= 4 is 11.8 Å². The van der Waals surface area contributed by atoms with Crippen molar-refractivity contribution in [2.24, 2.45) is 0 Å². The minimum atomic E-state index is 0.522. The molecular formula is C16H27NS. The first kappa shape index (κ1) is 15.6. The molecule has 0 saturated heterocycles. The van der Waals surface area contributed by atoms with Gasteiger partial charge in [0.15, 0.2) is 0 Å². The molecule has 1 N–H and O–H groups in total. The van der Waals surface area contributed by atoms with Gasteiger partial charge in [0, 0.05) is 6.04 Å². The number of nitrogens with one attached hydrogen (secondary N) is 1. The molecule has 1 aromatic carbocycles. The van der Waals surface area contributed by atoms with Crippen molar-refractivity contribution in [3.05, 3.63) is 35.4 Å². The van der Waals surface area contributed by atoms with E-state index in [0.29, 0.717) is 6.04 Å². The molecule has 1 atom stereocenters. The highest BCUT2D eigenvalue weighted by atomic mass is 32.2. The van der Waals surface area contributed by atoms with Gasteiger partial charge in [-0.15, -0.1) is 0 Å². The van der Waals surface area contributed by atoms with Gasteiger partial charge in [-0.3, -0.25) is 0 Å². The third-order valence-corrected chi connectivity index (χ3v) is 3.79. The predicted octanol–water partition coefficient (Wildman–Crippen LogP) is 4.43. The maximum absolute atomic E-state index is 3.68. The standard InChI is InChI=1S/C16H27NS/c1-4-7-14-8-6-9-15(13-14)16(10-12-18-3)17-11-5-2/h6,8-9,13,16-17H,4-5,7,10-12H2,1-3H3. The third kappa shape index (κ3) is 5.45. The first-order valence-electron chi connectivity index (χ1n) is 7.13. The average molecular weight is 265 g/mol. The summed E-state index contributed by atoms with van der Waals surface area (Å²) in [6.45, 7) is 5.58. The fourth-order valence-corrected chi connectivity index (χ4v) is 2.67. The lowest BCUT2D eigenvalue weighted by Crippen LogP contribution is -2.22. The third-order valence-electron chi connectivity index (χ3n) is 3.14. The summed E-state index contributed by atoms with van der Waals surface area (Å²) in [5, 5.41) is 3.68. The summed E-state index contributed by atoms with van der Waals surface area (Å²) in [6, 6.07) is 9.64. The van der Waals surface area contributed by atoms with E-state index in [9.17, 15) is 0 Å². The Balaban J connectivity index is 2.72. The topological polar surface area (TPSA) is 12.0 Å². The Kier molecular flexibility index (Phi) is 8.19. The number of benzene rings is 1. The summed E-state index contributed by atoms with van der Waals surface area (Å²) in [7, 11) is 0. The zero-order valence-corrected chi connectivity index (χ0v) is 12.9. The van der Waals surface area contributed by atoms with Crippen molar-refractivity contribution in [2.75, 3.05) is 18.6 Å². The van der Waals surface area contributed by atoms with Crippen molar-refractivity contribution in [1.82, 2.24) is 5.32 Å². The van der Waals surface area contributed by atoms with E-state index in [-0.39, 0.29) is 0 Å². The molecule has 0 spiro atoms. The van der Waals surface area contributed by atoms with Crippen molar-refractivity contribution in [1.29, 1.82) is 0 Å². The fourth-order valence-electron chi connectivity index (χ4n) is 2.19. The van der Waals surface area contributed by atoms with Crippen LogP contribution in [0.4, 0.5) is 0 Å². The summed E-state index contributed by atoms with van der Waals surface area (Å²) in [5.41, 5.74) is 2.94. The molecule has 0 bridgehead atoms. The first-order valence-corrected chi connectivity index (χ1v) is 8.52. The van der Waals surface area contributed by atoms with Crippen LogP contribution in [0.5, 0.6) is 0 Å². The van der Waals surface area contributed by atoms with Crippen LogP contribution in [-0.2, 0) is 6.42 Å². The molecule has 0 radical (unpaired) electrons. The molecule has 2 heteroatoms. The monoisotopic (exact) mass is 265 g/mol. The van der Waals surface area contributed by atoms with Crippen LogP contribution < -0.4 is 5.32 Å². The second kappa shape index (κ2) is 9.46. The van der Waals surface area contributed by atoms with E-state index in [1.54, 1.807) is 0 Å². The predicted molar refractivity (Wildman–Crippen MR) is 84.5 cm³/mol. The van der Waals surface area contributed by atoms with Crippen molar-refractivity contribution in [3.8, 4) is 0 Å². The zero-order chi connectivity index (χ0) is 13.2. The van der Waals surface area contributed by atoms with Gasteiger partial charge < -0.3 is 5.32 Å². The van der Waals surface area contributed by atoms with Gasteiger partial charge in [-0.05, 0) is 48.9 Å². The average Bonchev–Trinajstić information content (AvgIpc) is 2.40. The Bertz CT molecular complexity index is 317. The highest BCUT2D eigenvalue weighted by Crippen LogP contribution is 2.20. The number of aryl methyl sites for hydroxylation is 1. The van der Waals surface area contributed by atoms with Crippen LogP contribution in [0.3, 0.4) is 0 Å². The quantitative estimate of drug-likeness (QED) is 0.709. The van der Waals surface area contributed by atoms with Gasteiger partial charge in [-0.25, -0.2) is 0 Å². The molecule has 1 nitrogen and oxygen atoms in total. The molecule has 1 aromatic rings. The summed E-state index contributed by atoms with van der Waals surface area (Å²) in [4.78, 5) is 0. The van der Waals surface area contributed by atoms with Crippen molar-refractivity contribution in [3.63, 3.8) is 0 Å². The van der Waals surface area contributed by atoms with E-state index in [1.165, 1.54) is 42.6 Å². The van der Waals surface area contributed by atoms with E-state index in [2.05, 4.69) is 49.7 Å². The Morgan fingerprint density at radius 2 is 2.06 bits per heavy atom. The Hall–Kier alpha value is -0.470. The highest BCUT2D eigenvalue weighted by molar-refractivity contribution is 7.98. The van der Waals surface area contributed by atoms with Crippen LogP contribution in [0.15, 0.2) is 24.3 Å². The molecule has 1 rings (SSSR count). The van der Waals surface area contributed by atoms with Crippen LogP contribution in [0.2, 0.25) is 0 Å². The second-order valence-electron chi connectivity index (χ2n) is 4.78. The van der Waals surface area contributed by atoms with E-state index in [1.807, 2.05) is 11.8 Å². The van der Waals surface area contributed by atoms with Gasteiger partial charge in [0.25, 0.3) is 0 Å². The molecule has 102 valence electrons. The summed E-state index contributed by atoms with van der Waals surface area (Å²) >= 11 is 1.93. The second-order valence-corrected chi connectivity index (χ2v) is 5.77. The van der Waals surface area contributed by atoms with Crippen LogP contribution in [0.25, 0.3) is 0 Å². The molecule has 0 fully saturated rings. The normalized spacial score (nSPS) is 12.6. The molecule has 0 amide bonds. The Labute approximate surface area is 117 Å². The summed E-state index contributed by atoms with van der Waals surface area (Å²) in [6.07, 6.45) is 7.02. The van der Waals surface area contributed by atoms with E-state index in [0.717, 1.165) is 6.54 Å². The number of hydrogen-bond acceptors (Lipinski definition) is 2. The maximum Gasteiger partial charge on any atom is 0.0328 e. The molecule has 0 aromatic heterocycles. The van der Waals surface area contributed by atoms with Gasteiger partial charge in [0.2, 0.25) is 0 Å². The lowest BCUT2D eigenvalue weighted by molar-refractivity contribution is 0.521. The van der Waals surface area contributed by atoms with Gasteiger partial charge in [0.05, 0.1) is 0 Å². The van der Waals surface area contributed by atoms with E-state index in [4.69, 9.17) is 0 Å². The van der Waals surface area contributed by atoms with Gasteiger partial charge in [-0.2, -0.15) is 11.8 Å². The highest BCUT2D eigenvalue weighted by Gasteiger charge is 2.10. The zero-order valence-electron chi connectivity index (χ0n) is 12.0. The van der Waals surface area contributed by atoms with Crippen molar-refractivity contribution < 1.29 is 0 Å². The lowest BCUT2D eigenvalue weighted by atomic mass is 10.00. The van der Waals surface area contributed by atoms with Gasteiger partial charge in [-0.1, -0.05) is 44.5 Å². The summed E-state index contributed by atoms with van der Waals surface area (Å²) in [5.74, 6) is 1.22. The molecule has 0 heterocycles. The lowest BCUT2D eigenvalue weighted by Gasteiger charge is -2.19. The molecular weight excluding hydrogens is 238 g/mol. The Morgan fingerprint density at radius 3 is 2.72 bits per heavy atom. The van der Waals surface area contributed by atoms with Crippen molar-refractivity contribution in [2.45, 2.75) is 45.6 Å². The summed E-state index contributed by atoms with van der Waals surface area (Å²) < 4.78 is 0. The smallest absolute Gasteiger partial charge is 0.0328 e. The minimum Gasteiger partial charge on any atom is -0.310 e. The minimum absolute atomic E-state index is 0.522. The SMILES string of the molecule is CCCNC(CCSC)c1cccc(CCC)c1. The van der Waals surface area contributed by atoms with Gasteiger partial charge in [0.1, 0.15) is 0 Å². The van der Waals surface area contributed by atoms with Crippen LogP contribution in [0, 0.1) is 0 Å². The number of rotatable bonds is 9.